The molecule has 0 unspecified atom stereocenters. The summed E-state index contributed by atoms with van der Waals surface area (Å²) >= 11 is 0. The van der Waals surface area contributed by atoms with E-state index in [0.29, 0.717) is 17.6 Å². The van der Waals surface area contributed by atoms with Crippen LogP contribution in [0.2, 0.25) is 0 Å². The lowest BCUT2D eigenvalue weighted by Gasteiger charge is -2.12. The third-order valence-corrected chi connectivity index (χ3v) is 11.5. The quantitative estimate of drug-likeness (QED) is 0.170. The SMILES string of the molecule is c1ccc(-c2nc(-c3ccc4c5ccccc5n(-c5ccccc5)c4c3)nc(-n3c4ccccc4c4cc(-c5cccc(-n6ccc7ccccc76)c5)ccc43)n2)cc1. The van der Waals surface area contributed by atoms with Crippen LogP contribution in [0.1, 0.15) is 0 Å². The van der Waals surface area contributed by atoms with Gasteiger partial charge in [-0.1, -0.05) is 133 Å². The van der Waals surface area contributed by atoms with Crippen LogP contribution in [-0.4, -0.2) is 28.7 Å². The monoisotopic (exact) mass is 754 g/mol. The molecule has 6 heteroatoms. The average Bonchev–Trinajstić information content (AvgIpc) is 3.99. The van der Waals surface area contributed by atoms with Crippen LogP contribution >= 0.6 is 0 Å². The van der Waals surface area contributed by atoms with E-state index in [2.05, 4.69) is 202 Å². The van der Waals surface area contributed by atoms with E-state index in [1.807, 2.05) is 18.2 Å². The first-order chi connectivity index (χ1) is 29.2. The highest BCUT2D eigenvalue weighted by molar-refractivity contribution is 6.11. The molecule has 12 aromatic rings. The predicted molar refractivity (Wildman–Crippen MR) is 242 cm³/mol. The maximum Gasteiger partial charge on any atom is 0.238 e. The molecule has 0 fully saturated rings. The third kappa shape index (κ3) is 5.38. The van der Waals surface area contributed by atoms with E-state index in [1.165, 1.54) is 21.7 Å². The highest BCUT2D eigenvalue weighted by atomic mass is 15.2. The first-order valence-electron chi connectivity index (χ1n) is 19.9. The molecule has 0 N–H and O–H groups in total. The summed E-state index contributed by atoms with van der Waals surface area (Å²) < 4.78 is 6.77. The largest absolute Gasteiger partial charge is 0.317 e. The van der Waals surface area contributed by atoms with Crippen LogP contribution < -0.4 is 0 Å². The van der Waals surface area contributed by atoms with Gasteiger partial charge in [0.1, 0.15) is 0 Å². The van der Waals surface area contributed by atoms with Gasteiger partial charge in [-0.3, -0.25) is 4.57 Å². The Hall–Kier alpha value is -8.09. The second kappa shape index (κ2) is 13.3. The summed E-state index contributed by atoms with van der Waals surface area (Å²) in [6.07, 6.45) is 2.15. The summed E-state index contributed by atoms with van der Waals surface area (Å²) in [6, 6.07) is 70.6. The molecule has 0 aliphatic heterocycles. The Labute approximate surface area is 339 Å². The molecule has 0 spiro atoms. The summed E-state index contributed by atoms with van der Waals surface area (Å²) in [7, 11) is 0. The first kappa shape index (κ1) is 33.1. The van der Waals surface area contributed by atoms with E-state index >= 15 is 0 Å². The fraction of sp³-hybridized carbons (Fsp3) is 0. The fourth-order valence-corrected chi connectivity index (χ4v) is 8.79. The van der Waals surface area contributed by atoms with Crippen LogP contribution in [0.5, 0.6) is 0 Å². The highest BCUT2D eigenvalue weighted by Crippen LogP contribution is 2.37. The van der Waals surface area contributed by atoms with Crippen molar-refractivity contribution in [1.29, 1.82) is 0 Å². The van der Waals surface area contributed by atoms with Gasteiger partial charge in [0.2, 0.25) is 5.95 Å². The normalized spacial score (nSPS) is 11.7. The topological polar surface area (TPSA) is 53.5 Å². The predicted octanol–water partition coefficient (Wildman–Crippen LogP) is 13.0. The smallest absolute Gasteiger partial charge is 0.238 e. The molecular weight excluding hydrogens is 721 g/mol. The van der Waals surface area contributed by atoms with E-state index in [1.54, 1.807) is 0 Å². The molecule has 59 heavy (non-hydrogen) atoms. The Morgan fingerprint density at radius 1 is 0.305 bits per heavy atom. The van der Waals surface area contributed by atoms with Crippen LogP contribution in [-0.2, 0) is 0 Å². The lowest BCUT2D eigenvalue weighted by molar-refractivity contribution is 0.953. The summed E-state index contributed by atoms with van der Waals surface area (Å²) in [5.41, 5.74) is 11.9. The summed E-state index contributed by atoms with van der Waals surface area (Å²) in [6.45, 7) is 0. The number of para-hydroxylation sites is 4. The second-order valence-corrected chi connectivity index (χ2v) is 14.9. The van der Waals surface area contributed by atoms with Crippen molar-refractivity contribution in [2.24, 2.45) is 0 Å². The molecule has 4 aromatic heterocycles. The first-order valence-corrected chi connectivity index (χ1v) is 19.9. The van der Waals surface area contributed by atoms with Crippen LogP contribution in [0.15, 0.2) is 206 Å². The maximum absolute atomic E-state index is 5.31. The van der Waals surface area contributed by atoms with E-state index in [4.69, 9.17) is 15.0 Å². The number of benzene rings is 8. The molecule has 0 atom stereocenters. The van der Waals surface area contributed by atoms with Gasteiger partial charge in [0.25, 0.3) is 0 Å². The van der Waals surface area contributed by atoms with Gasteiger partial charge in [0.15, 0.2) is 11.6 Å². The molecule has 0 bridgehead atoms. The molecule has 4 heterocycles. The van der Waals surface area contributed by atoms with E-state index in [9.17, 15) is 0 Å². The maximum atomic E-state index is 5.31. The van der Waals surface area contributed by atoms with Crippen molar-refractivity contribution in [3.63, 3.8) is 0 Å². The lowest BCUT2D eigenvalue weighted by Crippen LogP contribution is -2.06. The minimum atomic E-state index is 0.568. The fourth-order valence-electron chi connectivity index (χ4n) is 8.79. The number of hydrogen-bond donors (Lipinski definition) is 0. The third-order valence-electron chi connectivity index (χ3n) is 11.5. The summed E-state index contributed by atoms with van der Waals surface area (Å²) in [5.74, 6) is 1.79. The van der Waals surface area contributed by atoms with Crippen LogP contribution in [0, 0.1) is 0 Å². The molecule has 12 rings (SSSR count). The molecule has 8 aromatic carbocycles. The van der Waals surface area contributed by atoms with E-state index in [0.717, 1.165) is 66.5 Å². The number of aromatic nitrogens is 6. The molecule has 0 saturated carbocycles. The van der Waals surface area contributed by atoms with Crippen LogP contribution in [0.4, 0.5) is 0 Å². The molecule has 0 aliphatic rings. The zero-order chi connectivity index (χ0) is 38.9. The van der Waals surface area contributed by atoms with Crippen molar-refractivity contribution in [3.05, 3.63) is 206 Å². The van der Waals surface area contributed by atoms with Gasteiger partial charge < -0.3 is 9.13 Å². The van der Waals surface area contributed by atoms with Gasteiger partial charge in [-0.15, -0.1) is 0 Å². The number of hydrogen-bond acceptors (Lipinski definition) is 3. The number of fused-ring (bicyclic) bond motifs is 7. The number of rotatable bonds is 6. The molecule has 0 aliphatic carbocycles. The van der Waals surface area contributed by atoms with Crippen LogP contribution in [0.25, 0.3) is 106 Å². The average molecular weight is 755 g/mol. The molecule has 0 radical (unpaired) electrons. The molecule has 6 nitrogen and oxygen atoms in total. The van der Waals surface area contributed by atoms with E-state index < -0.39 is 0 Å². The minimum Gasteiger partial charge on any atom is -0.317 e. The Kier molecular flexibility index (Phi) is 7.43. The summed E-state index contributed by atoms with van der Waals surface area (Å²) in [4.78, 5) is 15.7. The second-order valence-electron chi connectivity index (χ2n) is 14.9. The lowest BCUT2D eigenvalue weighted by atomic mass is 10.0. The zero-order valence-electron chi connectivity index (χ0n) is 31.8. The van der Waals surface area contributed by atoms with Crippen molar-refractivity contribution >= 4 is 54.5 Å². The van der Waals surface area contributed by atoms with Gasteiger partial charge in [-0.2, -0.15) is 9.97 Å². The number of nitrogens with zero attached hydrogens (tertiary/aromatic N) is 6. The van der Waals surface area contributed by atoms with Gasteiger partial charge in [0, 0.05) is 50.2 Å². The Morgan fingerprint density at radius 3 is 1.69 bits per heavy atom. The zero-order valence-corrected chi connectivity index (χ0v) is 31.8. The van der Waals surface area contributed by atoms with Crippen molar-refractivity contribution in [2.45, 2.75) is 0 Å². The Balaban J connectivity index is 1.05. The molecule has 0 amide bonds. The summed E-state index contributed by atoms with van der Waals surface area (Å²) in [5, 5.41) is 5.87. The van der Waals surface area contributed by atoms with Gasteiger partial charge in [-0.25, -0.2) is 4.98 Å². The van der Waals surface area contributed by atoms with Crippen LogP contribution in [0.3, 0.4) is 0 Å². The van der Waals surface area contributed by atoms with Crippen molar-refractivity contribution < 1.29 is 0 Å². The molecular formula is C53H34N6. The molecule has 0 saturated heterocycles. The van der Waals surface area contributed by atoms with Crippen molar-refractivity contribution in [3.8, 4) is 51.2 Å². The van der Waals surface area contributed by atoms with Gasteiger partial charge in [0.05, 0.1) is 27.6 Å². The standard InChI is InChI=1S/C53H34N6/c1-3-15-36(16-4-1)51-54-52(39-26-28-44-42-21-8-11-24-47(42)58(50(44)34-39)40-18-5-2-6-19-40)56-53(55-51)59-48-25-12-9-22-43(48)45-33-38(27-29-49(45)59)37-17-13-20-41(32-37)57-31-30-35-14-7-10-23-46(35)57/h1-34H. The highest BCUT2D eigenvalue weighted by Gasteiger charge is 2.20. The van der Waals surface area contributed by atoms with Crippen molar-refractivity contribution in [1.82, 2.24) is 28.7 Å². The van der Waals surface area contributed by atoms with Gasteiger partial charge in [-0.05, 0) is 83.2 Å². The van der Waals surface area contributed by atoms with Gasteiger partial charge >= 0.3 is 0 Å². The van der Waals surface area contributed by atoms with E-state index in [-0.39, 0.29) is 0 Å². The Bertz CT molecular complexity index is 3560. The Morgan fingerprint density at radius 2 is 0.881 bits per heavy atom. The molecule has 276 valence electrons. The van der Waals surface area contributed by atoms with Crippen molar-refractivity contribution in [2.75, 3.05) is 0 Å². The minimum absolute atomic E-state index is 0.568.